The van der Waals surface area contributed by atoms with Crippen LogP contribution in [-0.2, 0) is 6.42 Å². The highest BCUT2D eigenvalue weighted by Gasteiger charge is 2.21. The Hall–Kier alpha value is -8.08. The minimum Gasteiger partial charge on any atom is -0.313 e. The normalized spacial score (nSPS) is 12.3. The molecule has 1 aliphatic carbocycles. The van der Waals surface area contributed by atoms with Crippen LogP contribution >= 0.6 is 0 Å². The Morgan fingerprint density at radius 1 is 0.355 bits per heavy atom. The van der Waals surface area contributed by atoms with Crippen molar-refractivity contribution in [3.05, 3.63) is 224 Å². The second kappa shape index (κ2) is 14.9. The van der Waals surface area contributed by atoms with E-state index in [-0.39, 0.29) is 0 Å². The number of hydrogen-bond acceptors (Lipinski definition) is 2. The topological polar surface area (TPSA) is 35.6 Å². The van der Waals surface area contributed by atoms with Crippen LogP contribution in [-0.4, -0.2) is 19.1 Å². The van der Waals surface area contributed by atoms with Gasteiger partial charge in [0.2, 0.25) is 0 Å². The minimum atomic E-state index is 0.700. The van der Waals surface area contributed by atoms with Gasteiger partial charge < -0.3 is 9.13 Å². The summed E-state index contributed by atoms with van der Waals surface area (Å²) in [5, 5.41) is 3.71. The summed E-state index contributed by atoms with van der Waals surface area (Å²) < 4.78 is 4.83. The SMILES string of the molecule is C1=Cc2c(n(-c3ccccc3)c3ccc(-c4cc(-c5ccc6c(c5)c5ccccc5n6-c5ccccc5)cc(-c5cc(-c6ccccc6)nc(-c6ccccc6)n5)c4)cc23)CC1. The zero-order valence-corrected chi connectivity index (χ0v) is 34.0. The lowest BCUT2D eigenvalue weighted by atomic mass is 9.93. The summed E-state index contributed by atoms with van der Waals surface area (Å²) in [7, 11) is 0. The van der Waals surface area contributed by atoms with Gasteiger partial charge in [-0.2, -0.15) is 0 Å². The van der Waals surface area contributed by atoms with E-state index in [4.69, 9.17) is 9.97 Å². The lowest BCUT2D eigenvalue weighted by Crippen LogP contribution is -2.02. The second-order valence-corrected chi connectivity index (χ2v) is 16.1. The van der Waals surface area contributed by atoms with E-state index in [1.54, 1.807) is 0 Å². The molecule has 8 aromatic carbocycles. The van der Waals surface area contributed by atoms with Crippen molar-refractivity contribution in [2.75, 3.05) is 0 Å². The van der Waals surface area contributed by atoms with Gasteiger partial charge in [0, 0.05) is 55.5 Å². The molecule has 11 aromatic rings. The molecule has 0 spiro atoms. The van der Waals surface area contributed by atoms with Gasteiger partial charge in [0.15, 0.2) is 5.82 Å². The molecular weight excluding hydrogens is 753 g/mol. The fraction of sp³-hybridized carbons (Fsp3) is 0.0345. The Morgan fingerprint density at radius 2 is 0.871 bits per heavy atom. The number of benzene rings is 8. The van der Waals surface area contributed by atoms with E-state index in [1.165, 1.54) is 49.7 Å². The zero-order valence-electron chi connectivity index (χ0n) is 34.0. The summed E-state index contributed by atoms with van der Waals surface area (Å²) in [6.07, 6.45) is 6.69. The molecule has 0 atom stereocenters. The smallest absolute Gasteiger partial charge is 0.160 e. The van der Waals surface area contributed by atoms with E-state index in [0.29, 0.717) is 5.82 Å². The van der Waals surface area contributed by atoms with Gasteiger partial charge in [-0.1, -0.05) is 140 Å². The number of hydrogen-bond donors (Lipinski definition) is 0. The van der Waals surface area contributed by atoms with Gasteiger partial charge in [-0.05, 0) is 114 Å². The van der Waals surface area contributed by atoms with Gasteiger partial charge in [0.05, 0.1) is 27.9 Å². The summed E-state index contributed by atoms with van der Waals surface area (Å²) in [5.41, 5.74) is 18.0. The fourth-order valence-corrected chi connectivity index (χ4v) is 9.46. The molecule has 4 nitrogen and oxygen atoms in total. The number of aromatic nitrogens is 4. The summed E-state index contributed by atoms with van der Waals surface area (Å²) in [6.45, 7) is 0. The molecule has 0 saturated carbocycles. The quantitative estimate of drug-likeness (QED) is 0.161. The lowest BCUT2D eigenvalue weighted by molar-refractivity contribution is 0.888. The van der Waals surface area contributed by atoms with Gasteiger partial charge >= 0.3 is 0 Å². The van der Waals surface area contributed by atoms with E-state index in [0.717, 1.165) is 68.9 Å². The molecule has 0 radical (unpaired) electrons. The average Bonchev–Trinajstić information content (AvgIpc) is 3.87. The number of fused-ring (bicyclic) bond motifs is 6. The zero-order chi connectivity index (χ0) is 41.0. The Balaban J connectivity index is 1.09. The summed E-state index contributed by atoms with van der Waals surface area (Å²) >= 11 is 0. The molecule has 0 aliphatic heterocycles. The molecule has 62 heavy (non-hydrogen) atoms. The third-order valence-electron chi connectivity index (χ3n) is 12.4. The van der Waals surface area contributed by atoms with Crippen molar-refractivity contribution in [2.24, 2.45) is 0 Å². The van der Waals surface area contributed by atoms with Crippen LogP contribution in [0.15, 0.2) is 212 Å². The van der Waals surface area contributed by atoms with E-state index in [2.05, 4.69) is 203 Å². The maximum absolute atomic E-state index is 5.31. The first-order valence-electron chi connectivity index (χ1n) is 21.4. The molecule has 3 aromatic heterocycles. The number of nitrogens with zero attached hydrogens (tertiary/aromatic N) is 4. The van der Waals surface area contributed by atoms with E-state index < -0.39 is 0 Å². The molecule has 0 N–H and O–H groups in total. The molecule has 1 aliphatic rings. The first kappa shape index (κ1) is 35.8. The Bertz CT molecular complexity index is 3430. The molecule has 0 saturated heterocycles. The summed E-state index contributed by atoms with van der Waals surface area (Å²) in [6, 6.07) is 73.9. The summed E-state index contributed by atoms with van der Waals surface area (Å²) in [5.74, 6) is 0.700. The van der Waals surface area contributed by atoms with Crippen LogP contribution in [0.4, 0.5) is 0 Å². The Morgan fingerprint density at radius 3 is 1.55 bits per heavy atom. The second-order valence-electron chi connectivity index (χ2n) is 16.1. The maximum Gasteiger partial charge on any atom is 0.160 e. The Kier molecular flexibility index (Phi) is 8.60. The van der Waals surface area contributed by atoms with Crippen LogP contribution < -0.4 is 0 Å². The molecule has 0 bridgehead atoms. The van der Waals surface area contributed by atoms with Crippen LogP contribution in [0.3, 0.4) is 0 Å². The minimum absolute atomic E-state index is 0.700. The molecule has 0 unspecified atom stereocenters. The fourth-order valence-electron chi connectivity index (χ4n) is 9.46. The van der Waals surface area contributed by atoms with Crippen LogP contribution in [0, 0.1) is 0 Å². The Labute approximate surface area is 360 Å². The van der Waals surface area contributed by atoms with Gasteiger partial charge in [-0.15, -0.1) is 0 Å². The highest BCUT2D eigenvalue weighted by atomic mass is 15.0. The van der Waals surface area contributed by atoms with Crippen molar-refractivity contribution in [1.82, 2.24) is 19.1 Å². The highest BCUT2D eigenvalue weighted by Crippen LogP contribution is 2.41. The lowest BCUT2D eigenvalue weighted by Gasteiger charge is -2.14. The molecule has 12 rings (SSSR count). The molecule has 4 heteroatoms. The van der Waals surface area contributed by atoms with Gasteiger partial charge in [-0.3, -0.25) is 0 Å². The van der Waals surface area contributed by atoms with E-state index >= 15 is 0 Å². The molecule has 3 heterocycles. The molecular formula is C58H40N4. The molecule has 0 fully saturated rings. The van der Waals surface area contributed by atoms with Crippen molar-refractivity contribution < 1.29 is 0 Å². The van der Waals surface area contributed by atoms with Crippen molar-refractivity contribution in [3.8, 4) is 67.5 Å². The standard InChI is InChI=1S/C58H40N4/c1-5-17-39(18-6-1)52-38-53(60-58(59-52)40-19-7-2-8-20-40)45-34-43(41-29-31-56-50(36-41)48-25-13-15-27-54(48)61(56)46-21-9-3-10-22-46)33-44(35-45)42-30-32-57-51(37-42)49-26-14-16-28-55(49)62(57)47-23-11-4-12-24-47/h1-15,17-27,29-38H,16,28H2. The van der Waals surface area contributed by atoms with Crippen LogP contribution in [0.1, 0.15) is 17.7 Å². The average molecular weight is 793 g/mol. The van der Waals surface area contributed by atoms with Crippen LogP contribution in [0.25, 0.3) is 106 Å². The first-order chi connectivity index (χ1) is 30.7. The summed E-state index contributed by atoms with van der Waals surface area (Å²) in [4.78, 5) is 10.4. The van der Waals surface area contributed by atoms with E-state index in [9.17, 15) is 0 Å². The largest absolute Gasteiger partial charge is 0.313 e. The van der Waals surface area contributed by atoms with Gasteiger partial charge in [0.1, 0.15) is 0 Å². The van der Waals surface area contributed by atoms with E-state index in [1.807, 2.05) is 24.3 Å². The third-order valence-corrected chi connectivity index (χ3v) is 12.4. The van der Waals surface area contributed by atoms with Gasteiger partial charge in [0.25, 0.3) is 0 Å². The first-order valence-corrected chi connectivity index (χ1v) is 21.4. The predicted octanol–water partition coefficient (Wildman–Crippen LogP) is 14.8. The van der Waals surface area contributed by atoms with Crippen molar-refractivity contribution >= 4 is 38.8 Å². The van der Waals surface area contributed by atoms with Crippen LogP contribution in [0.5, 0.6) is 0 Å². The predicted molar refractivity (Wildman–Crippen MR) is 258 cm³/mol. The maximum atomic E-state index is 5.31. The molecule has 0 amide bonds. The third kappa shape index (κ3) is 6.15. The van der Waals surface area contributed by atoms with Gasteiger partial charge in [-0.25, -0.2) is 9.97 Å². The highest BCUT2D eigenvalue weighted by molar-refractivity contribution is 6.10. The van der Waals surface area contributed by atoms with Crippen LogP contribution in [0.2, 0.25) is 0 Å². The van der Waals surface area contributed by atoms with Crippen molar-refractivity contribution in [3.63, 3.8) is 0 Å². The number of allylic oxidation sites excluding steroid dienone is 1. The number of para-hydroxylation sites is 3. The monoisotopic (exact) mass is 792 g/mol. The molecule has 292 valence electrons. The number of rotatable bonds is 7. The van der Waals surface area contributed by atoms with Crippen molar-refractivity contribution in [1.29, 1.82) is 0 Å². The van der Waals surface area contributed by atoms with Crippen molar-refractivity contribution in [2.45, 2.75) is 12.8 Å².